The van der Waals surface area contributed by atoms with E-state index in [0.717, 1.165) is 17.5 Å². The highest BCUT2D eigenvalue weighted by molar-refractivity contribution is 6.39. The van der Waals surface area contributed by atoms with E-state index in [9.17, 15) is 9.59 Å². The van der Waals surface area contributed by atoms with Gasteiger partial charge in [-0.05, 0) is 42.4 Å². The van der Waals surface area contributed by atoms with Gasteiger partial charge in [-0.1, -0.05) is 44.2 Å². The number of nitrogens with two attached hydrogens (primary N) is 1. The molecular formula is C21H26N4O2. The molecule has 2 amide bonds. The summed E-state index contributed by atoms with van der Waals surface area (Å²) < 4.78 is 0. The molecule has 6 nitrogen and oxygen atoms in total. The molecule has 142 valence electrons. The second-order valence-corrected chi connectivity index (χ2v) is 7.45. The Hall–Kier alpha value is -2.89. The number of nitrogens with one attached hydrogen (secondary N) is 1. The fraction of sp³-hybridized carbons (Fsp3) is 0.381. The molecule has 3 rings (SSSR count). The number of rotatable bonds is 2. The highest BCUT2D eigenvalue weighted by atomic mass is 16.2. The van der Waals surface area contributed by atoms with Crippen molar-refractivity contribution in [3.63, 3.8) is 0 Å². The molecule has 0 spiro atoms. The lowest BCUT2D eigenvalue weighted by Gasteiger charge is -2.42. The molecule has 1 aliphatic heterocycles. The van der Waals surface area contributed by atoms with Gasteiger partial charge in [-0.15, -0.1) is 0 Å². The van der Waals surface area contributed by atoms with E-state index in [1.165, 1.54) is 6.20 Å². The lowest BCUT2D eigenvalue weighted by Crippen LogP contribution is -2.48. The highest BCUT2D eigenvalue weighted by Crippen LogP contribution is 2.36. The molecule has 1 fully saturated rings. The van der Waals surface area contributed by atoms with Crippen LogP contribution in [0.25, 0.3) is 0 Å². The number of anilines is 2. The second-order valence-electron chi connectivity index (χ2n) is 7.45. The predicted octanol–water partition coefficient (Wildman–Crippen LogP) is 3.16. The van der Waals surface area contributed by atoms with Crippen molar-refractivity contribution in [3.05, 3.63) is 53.7 Å². The predicted molar refractivity (Wildman–Crippen MR) is 106 cm³/mol. The Labute approximate surface area is 159 Å². The molecule has 3 atom stereocenters. The molecule has 0 radical (unpaired) electrons. The smallest absolute Gasteiger partial charge is 0.313 e. The van der Waals surface area contributed by atoms with Crippen molar-refractivity contribution in [3.8, 4) is 0 Å². The first-order valence-corrected chi connectivity index (χ1v) is 9.25. The molecule has 3 N–H and O–H groups in total. The Morgan fingerprint density at radius 1 is 1.19 bits per heavy atom. The summed E-state index contributed by atoms with van der Waals surface area (Å²) in [4.78, 5) is 31.3. The zero-order valence-electron chi connectivity index (χ0n) is 16.0. The van der Waals surface area contributed by atoms with Crippen LogP contribution in [0.1, 0.15) is 37.4 Å². The summed E-state index contributed by atoms with van der Waals surface area (Å²) in [7, 11) is 0. The number of aromatic nitrogens is 1. The Kier molecular flexibility index (Phi) is 5.44. The number of aryl methyl sites for hydroxylation is 1. The van der Waals surface area contributed by atoms with Gasteiger partial charge in [-0.25, -0.2) is 4.98 Å². The van der Waals surface area contributed by atoms with Gasteiger partial charge in [0.2, 0.25) is 0 Å². The SMILES string of the molecule is Cc1cc(NC(=O)C(=O)N2C[C@H](C)[C@@H](C)C[C@H]2c2ccccc2)cnc1N. The lowest BCUT2D eigenvalue weighted by molar-refractivity contribution is -0.147. The van der Waals surface area contributed by atoms with Crippen molar-refractivity contribution < 1.29 is 9.59 Å². The highest BCUT2D eigenvalue weighted by Gasteiger charge is 2.37. The lowest BCUT2D eigenvalue weighted by atomic mass is 9.82. The minimum Gasteiger partial charge on any atom is -0.383 e. The van der Waals surface area contributed by atoms with Gasteiger partial charge in [0.25, 0.3) is 0 Å². The van der Waals surface area contributed by atoms with Crippen LogP contribution in [0.2, 0.25) is 0 Å². The van der Waals surface area contributed by atoms with Crippen molar-refractivity contribution in [2.24, 2.45) is 11.8 Å². The van der Waals surface area contributed by atoms with E-state index in [4.69, 9.17) is 5.73 Å². The number of benzene rings is 1. The molecule has 0 bridgehead atoms. The molecular weight excluding hydrogens is 340 g/mol. The molecule has 27 heavy (non-hydrogen) atoms. The van der Waals surface area contributed by atoms with E-state index in [1.54, 1.807) is 17.9 Å². The maximum Gasteiger partial charge on any atom is 0.313 e. The molecule has 6 heteroatoms. The Morgan fingerprint density at radius 2 is 1.89 bits per heavy atom. The van der Waals surface area contributed by atoms with E-state index in [-0.39, 0.29) is 6.04 Å². The monoisotopic (exact) mass is 366 g/mol. The van der Waals surface area contributed by atoms with E-state index in [2.05, 4.69) is 24.1 Å². The number of piperidine rings is 1. The number of nitrogens with zero attached hydrogens (tertiary/aromatic N) is 2. The number of carbonyl (C=O) groups is 2. The van der Waals surface area contributed by atoms with Gasteiger partial charge >= 0.3 is 11.8 Å². The van der Waals surface area contributed by atoms with Crippen LogP contribution in [0.3, 0.4) is 0 Å². The maximum atomic E-state index is 13.0. The fourth-order valence-corrected chi connectivity index (χ4v) is 3.51. The maximum absolute atomic E-state index is 13.0. The molecule has 0 aliphatic carbocycles. The number of amides is 2. The molecule has 1 aromatic heterocycles. The van der Waals surface area contributed by atoms with Gasteiger partial charge in [0.15, 0.2) is 0 Å². The van der Waals surface area contributed by atoms with Crippen molar-refractivity contribution in [1.29, 1.82) is 0 Å². The molecule has 1 saturated heterocycles. The van der Waals surface area contributed by atoms with E-state index in [1.807, 2.05) is 30.3 Å². The average molecular weight is 366 g/mol. The summed E-state index contributed by atoms with van der Waals surface area (Å²) in [6.45, 7) is 6.69. The molecule has 0 saturated carbocycles. The third kappa shape index (κ3) is 4.10. The van der Waals surface area contributed by atoms with Gasteiger partial charge in [0, 0.05) is 6.54 Å². The number of pyridine rings is 1. The van der Waals surface area contributed by atoms with E-state index >= 15 is 0 Å². The fourth-order valence-electron chi connectivity index (χ4n) is 3.51. The van der Waals surface area contributed by atoms with Crippen LogP contribution < -0.4 is 11.1 Å². The zero-order valence-corrected chi connectivity index (χ0v) is 16.0. The van der Waals surface area contributed by atoms with Crippen LogP contribution >= 0.6 is 0 Å². The van der Waals surface area contributed by atoms with Crippen LogP contribution in [-0.4, -0.2) is 28.2 Å². The summed E-state index contributed by atoms with van der Waals surface area (Å²) in [6.07, 6.45) is 2.30. The van der Waals surface area contributed by atoms with Crippen molar-refractivity contribution >= 4 is 23.3 Å². The van der Waals surface area contributed by atoms with Crippen LogP contribution in [0.5, 0.6) is 0 Å². The molecule has 1 aliphatic rings. The Bertz CT molecular complexity index is 837. The number of carbonyl (C=O) groups excluding carboxylic acids is 2. The summed E-state index contributed by atoms with van der Waals surface area (Å²) in [5, 5.41) is 2.66. The van der Waals surface area contributed by atoms with Crippen molar-refractivity contribution in [1.82, 2.24) is 9.88 Å². The van der Waals surface area contributed by atoms with Gasteiger partial charge in [0.05, 0.1) is 17.9 Å². The minimum atomic E-state index is -0.649. The third-order valence-corrected chi connectivity index (χ3v) is 5.44. The first-order chi connectivity index (χ1) is 12.9. The number of hydrogen-bond acceptors (Lipinski definition) is 4. The third-order valence-electron chi connectivity index (χ3n) is 5.44. The number of hydrogen-bond donors (Lipinski definition) is 2. The Balaban J connectivity index is 1.81. The largest absolute Gasteiger partial charge is 0.383 e. The van der Waals surface area contributed by atoms with Crippen LogP contribution in [0.15, 0.2) is 42.6 Å². The summed E-state index contributed by atoms with van der Waals surface area (Å²) in [5.41, 5.74) is 7.99. The summed E-state index contributed by atoms with van der Waals surface area (Å²) >= 11 is 0. The van der Waals surface area contributed by atoms with Crippen LogP contribution in [0, 0.1) is 18.8 Å². The van der Waals surface area contributed by atoms with Gasteiger partial charge in [-0.2, -0.15) is 0 Å². The summed E-state index contributed by atoms with van der Waals surface area (Å²) in [6, 6.07) is 11.5. The minimum absolute atomic E-state index is 0.0954. The first kappa shape index (κ1) is 18.9. The topological polar surface area (TPSA) is 88.3 Å². The van der Waals surface area contributed by atoms with Gasteiger partial charge < -0.3 is 16.0 Å². The van der Waals surface area contributed by atoms with Crippen molar-refractivity contribution in [2.75, 3.05) is 17.6 Å². The average Bonchev–Trinajstić information content (AvgIpc) is 2.66. The normalized spacial score (nSPS) is 22.3. The van der Waals surface area contributed by atoms with E-state index in [0.29, 0.717) is 29.9 Å². The zero-order chi connectivity index (χ0) is 19.6. The van der Waals surface area contributed by atoms with E-state index < -0.39 is 11.8 Å². The van der Waals surface area contributed by atoms with Crippen LogP contribution in [0.4, 0.5) is 11.5 Å². The number of likely N-dealkylation sites (tertiary alicyclic amines) is 1. The molecule has 2 heterocycles. The standard InChI is InChI=1S/C21H26N4O2/c1-13-10-18(16-7-5-4-6-8-16)25(12-15(13)3)21(27)20(26)24-17-9-14(2)19(22)23-11-17/h4-9,11,13,15,18H,10,12H2,1-3H3,(H2,22,23)(H,24,26)/t13-,15-,18-/m0/s1. The second kappa shape index (κ2) is 7.78. The van der Waals surface area contributed by atoms with Gasteiger partial charge in [-0.3, -0.25) is 9.59 Å². The molecule has 2 aromatic rings. The van der Waals surface area contributed by atoms with Crippen molar-refractivity contribution in [2.45, 2.75) is 33.2 Å². The Morgan fingerprint density at radius 3 is 2.56 bits per heavy atom. The van der Waals surface area contributed by atoms with Gasteiger partial charge in [0.1, 0.15) is 5.82 Å². The number of nitrogen functional groups attached to an aromatic ring is 1. The first-order valence-electron chi connectivity index (χ1n) is 9.25. The summed E-state index contributed by atoms with van der Waals surface area (Å²) in [5.74, 6) is 0.0523. The molecule has 0 unspecified atom stereocenters. The quantitative estimate of drug-likeness (QED) is 0.799. The van der Waals surface area contributed by atoms with Crippen LogP contribution in [-0.2, 0) is 9.59 Å². The molecule has 1 aromatic carbocycles.